The summed E-state index contributed by atoms with van der Waals surface area (Å²) in [6.07, 6.45) is -0.505. The van der Waals surface area contributed by atoms with Gasteiger partial charge in [-0.05, 0) is 0 Å². The smallest absolute Gasteiger partial charge is 0.331 e. The van der Waals surface area contributed by atoms with Gasteiger partial charge in [0.2, 0.25) is 0 Å². The van der Waals surface area contributed by atoms with Gasteiger partial charge in [-0.3, -0.25) is 14.4 Å². The first-order valence-electron chi connectivity index (χ1n) is 5.49. The van der Waals surface area contributed by atoms with Gasteiger partial charge in [-0.1, -0.05) is 6.58 Å². The molecule has 0 aromatic heterocycles. The number of aliphatic hydroxyl groups is 2. The van der Waals surface area contributed by atoms with Crippen molar-refractivity contribution in [1.82, 2.24) is 0 Å². The molecule has 0 atom stereocenters. The van der Waals surface area contributed by atoms with E-state index in [9.17, 15) is 19.2 Å². The van der Waals surface area contributed by atoms with Crippen molar-refractivity contribution in [1.29, 1.82) is 0 Å². The topological polar surface area (TPSA) is 190 Å². The fraction of sp³-hybridized carbons (Fsp3) is 0.455. The average molecular weight is 376 g/mol. The first-order valence-corrected chi connectivity index (χ1v) is 6.76. The van der Waals surface area contributed by atoms with Crippen molar-refractivity contribution in [3.63, 3.8) is 0 Å². The minimum Gasteiger partial charge on any atom is -0.481 e. The second-order valence-corrected chi connectivity index (χ2v) is 3.66. The summed E-state index contributed by atoms with van der Waals surface area (Å²) in [7, 11) is 0. The van der Waals surface area contributed by atoms with Crippen molar-refractivity contribution < 1.29 is 49.8 Å². The Hall–Kier alpha value is -1.76. The number of carbonyl (C=O) groups is 4. The van der Waals surface area contributed by atoms with Crippen molar-refractivity contribution >= 4 is 49.1 Å². The van der Waals surface area contributed by atoms with Gasteiger partial charge in [-0.2, -0.15) is 25.3 Å². The molecule has 10 nitrogen and oxygen atoms in total. The van der Waals surface area contributed by atoms with Crippen LogP contribution < -0.4 is 0 Å². The maximum Gasteiger partial charge on any atom is 0.331 e. The van der Waals surface area contributed by atoms with Crippen molar-refractivity contribution in [3.8, 4) is 0 Å². The zero-order valence-electron chi connectivity index (χ0n) is 12.0. The highest BCUT2D eigenvalue weighted by Gasteiger charge is 2.07. The normalized spacial score (nSPS) is 7.83. The third-order valence-electron chi connectivity index (χ3n) is 1.04. The molecular weight excluding hydrogens is 356 g/mol. The summed E-state index contributed by atoms with van der Waals surface area (Å²) in [6.45, 7) is 2.76. The molecule has 0 amide bonds. The maximum absolute atomic E-state index is 9.87. The van der Waals surface area contributed by atoms with Crippen molar-refractivity contribution in [3.05, 3.63) is 12.2 Å². The summed E-state index contributed by atoms with van der Waals surface area (Å²) < 4.78 is 0. The Balaban J connectivity index is -0.000000112. The Morgan fingerprint density at radius 2 is 1.00 bits per heavy atom. The molecule has 0 bridgehead atoms. The molecule has 0 aliphatic heterocycles. The van der Waals surface area contributed by atoms with Crippen LogP contribution in [0.4, 0.5) is 0 Å². The predicted molar refractivity (Wildman–Crippen MR) is 86.2 cm³/mol. The van der Waals surface area contributed by atoms with E-state index in [-0.39, 0.29) is 30.3 Å². The molecule has 136 valence electrons. The van der Waals surface area contributed by atoms with Crippen LogP contribution in [0.1, 0.15) is 6.42 Å². The van der Waals surface area contributed by atoms with Gasteiger partial charge >= 0.3 is 23.9 Å². The van der Waals surface area contributed by atoms with Crippen molar-refractivity contribution in [2.45, 2.75) is 6.42 Å². The quantitative estimate of drug-likeness (QED) is 0.212. The highest BCUT2D eigenvalue weighted by Crippen LogP contribution is 1.95. The Morgan fingerprint density at radius 3 is 1.04 bits per heavy atom. The number of aliphatic carboxylic acids is 4. The number of carboxylic acids is 4. The summed E-state index contributed by atoms with van der Waals surface area (Å²) in [5.74, 6) is -4.37. The van der Waals surface area contributed by atoms with E-state index in [1.807, 2.05) is 0 Å². The SMILES string of the molecule is C=C(CC(=O)O)C(=O)O.O=C(O)CS.O=C(O)CS.OCCO. The molecule has 0 aromatic carbocycles. The second-order valence-electron chi connectivity index (χ2n) is 3.03. The van der Waals surface area contributed by atoms with E-state index in [0.29, 0.717) is 0 Å². The lowest BCUT2D eigenvalue weighted by atomic mass is 10.2. The summed E-state index contributed by atoms with van der Waals surface area (Å²) in [5, 5.41) is 46.6. The van der Waals surface area contributed by atoms with Gasteiger partial charge in [0.05, 0.1) is 31.1 Å². The molecule has 0 saturated carbocycles. The Kier molecular flexibility index (Phi) is 28.7. The largest absolute Gasteiger partial charge is 0.481 e. The first kappa shape index (κ1) is 29.3. The summed E-state index contributed by atoms with van der Waals surface area (Å²) in [4.78, 5) is 38.2. The van der Waals surface area contributed by atoms with E-state index in [1.165, 1.54) is 0 Å². The summed E-state index contributed by atoms with van der Waals surface area (Å²) >= 11 is 6.83. The highest BCUT2D eigenvalue weighted by atomic mass is 32.1. The molecule has 0 saturated heterocycles. The van der Waals surface area contributed by atoms with Gasteiger partial charge in [0.1, 0.15) is 0 Å². The van der Waals surface area contributed by atoms with Crippen molar-refractivity contribution in [2.75, 3.05) is 24.7 Å². The molecule has 0 radical (unpaired) electrons. The van der Waals surface area contributed by atoms with Crippen molar-refractivity contribution in [2.24, 2.45) is 0 Å². The molecule has 23 heavy (non-hydrogen) atoms. The monoisotopic (exact) mass is 376 g/mol. The second kappa shape index (κ2) is 22.5. The van der Waals surface area contributed by atoms with Crippen LogP contribution in [0.2, 0.25) is 0 Å². The van der Waals surface area contributed by atoms with E-state index in [1.54, 1.807) is 0 Å². The van der Waals surface area contributed by atoms with Gasteiger partial charge in [0.15, 0.2) is 0 Å². The highest BCUT2D eigenvalue weighted by molar-refractivity contribution is 7.81. The number of aliphatic hydroxyl groups excluding tert-OH is 2. The minimum absolute atomic E-state index is 0.0833. The minimum atomic E-state index is -1.27. The lowest BCUT2D eigenvalue weighted by molar-refractivity contribution is -0.139. The van der Waals surface area contributed by atoms with Crippen LogP contribution in [-0.2, 0) is 19.2 Å². The zero-order chi connectivity index (χ0) is 19.4. The van der Waals surface area contributed by atoms with Gasteiger partial charge in [0.25, 0.3) is 0 Å². The van der Waals surface area contributed by atoms with E-state index < -0.39 is 30.3 Å². The molecule has 0 aliphatic carbocycles. The fourth-order valence-corrected chi connectivity index (χ4v) is 0.258. The third kappa shape index (κ3) is 53.3. The van der Waals surface area contributed by atoms with Gasteiger partial charge < -0.3 is 30.6 Å². The molecule has 0 heterocycles. The molecule has 0 aliphatic rings. The molecular formula is C11H20O10S2. The number of hydrogen-bond donors (Lipinski definition) is 8. The molecule has 0 rings (SSSR count). The molecule has 0 aromatic rings. The Morgan fingerprint density at radius 1 is 0.739 bits per heavy atom. The summed E-state index contributed by atoms with van der Waals surface area (Å²) in [5.41, 5.74) is -0.303. The van der Waals surface area contributed by atoms with E-state index >= 15 is 0 Å². The molecule has 0 fully saturated rings. The molecule has 6 N–H and O–H groups in total. The fourth-order valence-electron chi connectivity index (χ4n) is 0.258. The standard InChI is InChI=1S/C5H6O4.2C2H4O2S.C2H6O2/c1-3(5(8)9)2-4(6)7;2*3-2(4)1-5;3-1-2-4/h1-2H2,(H,6,7)(H,8,9);2*5H,1H2,(H,3,4);3-4H,1-2H2. The van der Waals surface area contributed by atoms with Gasteiger partial charge in [0, 0.05) is 5.57 Å². The summed E-state index contributed by atoms with van der Waals surface area (Å²) in [6, 6.07) is 0. The van der Waals surface area contributed by atoms with E-state index in [2.05, 4.69) is 31.8 Å². The Bertz CT molecular complexity index is 354. The van der Waals surface area contributed by atoms with Crippen LogP contribution >= 0.6 is 25.3 Å². The lowest BCUT2D eigenvalue weighted by Crippen LogP contribution is -2.04. The molecule has 0 spiro atoms. The number of rotatable bonds is 6. The van der Waals surface area contributed by atoms with E-state index in [4.69, 9.17) is 30.6 Å². The third-order valence-corrected chi connectivity index (χ3v) is 1.58. The predicted octanol–water partition coefficient (Wildman–Crippen LogP) is -0.925. The van der Waals surface area contributed by atoms with Gasteiger partial charge in [-0.15, -0.1) is 0 Å². The van der Waals surface area contributed by atoms with Crippen LogP contribution in [-0.4, -0.2) is 79.2 Å². The number of thiol groups is 2. The average Bonchev–Trinajstić information content (AvgIpc) is 2.47. The van der Waals surface area contributed by atoms with Gasteiger partial charge in [-0.25, -0.2) is 4.79 Å². The molecule has 0 unspecified atom stereocenters. The van der Waals surface area contributed by atoms with E-state index in [0.717, 1.165) is 0 Å². The van der Waals surface area contributed by atoms with Crippen LogP contribution in [0.5, 0.6) is 0 Å². The molecule has 12 heteroatoms. The Labute approximate surface area is 142 Å². The van der Waals surface area contributed by atoms with Crippen LogP contribution in [0.25, 0.3) is 0 Å². The lowest BCUT2D eigenvalue weighted by Gasteiger charge is -1.91. The maximum atomic E-state index is 9.87. The zero-order valence-corrected chi connectivity index (χ0v) is 13.7. The van der Waals surface area contributed by atoms with Crippen LogP contribution in [0.15, 0.2) is 12.2 Å². The number of carboxylic acid groups (broad SMARTS) is 4. The number of hydrogen-bond acceptors (Lipinski definition) is 8. The van der Waals surface area contributed by atoms with Crippen LogP contribution in [0, 0.1) is 0 Å². The first-order chi connectivity index (χ1) is 10.5. The van der Waals surface area contributed by atoms with Crippen LogP contribution in [0.3, 0.4) is 0 Å².